The number of hydrogen-bond donors (Lipinski definition) is 0. The van der Waals surface area contributed by atoms with Crippen molar-refractivity contribution < 1.29 is 9.11 Å². The summed E-state index contributed by atoms with van der Waals surface area (Å²) >= 11 is 4.41. The SMILES string of the molecule is [O-][S+](c1ccc(Br)cc1)c1ccc(Cc2ccc([S+]([O-])c3ccc(Br)cc3)cc2)cc1. The molecule has 0 aliphatic carbocycles. The Bertz CT molecular complexity index is 1040. The first kappa shape index (κ1) is 22.6. The molecule has 6 heteroatoms. The van der Waals surface area contributed by atoms with Crippen LogP contribution in [0.25, 0.3) is 0 Å². The molecule has 156 valence electrons. The molecule has 0 bridgehead atoms. The van der Waals surface area contributed by atoms with Crippen molar-refractivity contribution in [2.75, 3.05) is 0 Å². The molecule has 0 aliphatic heterocycles. The van der Waals surface area contributed by atoms with Crippen LogP contribution < -0.4 is 0 Å². The van der Waals surface area contributed by atoms with E-state index in [4.69, 9.17) is 0 Å². The zero-order chi connectivity index (χ0) is 21.8. The molecule has 2 nitrogen and oxygen atoms in total. The molecule has 0 saturated heterocycles. The fourth-order valence-corrected chi connectivity index (χ4v) is 5.69. The van der Waals surface area contributed by atoms with E-state index in [1.165, 1.54) is 0 Å². The van der Waals surface area contributed by atoms with E-state index in [0.29, 0.717) is 0 Å². The van der Waals surface area contributed by atoms with Crippen LogP contribution in [0, 0.1) is 0 Å². The maximum Gasteiger partial charge on any atom is 0.158 e. The van der Waals surface area contributed by atoms with Crippen LogP contribution in [0.3, 0.4) is 0 Å². The summed E-state index contributed by atoms with van der Waals surface area (Å²) in [5.74, 6) is 0. The van der Waals surface area contributed by atoms with E-state index < -0.39 is 22.4 Å². The topological polar surface area (TPSA) is 46.1 Å². The Morgan fingerprint density at radius 2 is 0.710 bits per heavy atom. The predicted octanol–water partition coefficient (Wildman–Crippen LogP) is 7.14. The number of hydrogen-bond acceptors (Lipinski definition) is 2. The molecule has 0 amide bonds. The van der Waals surface area contributed by atoms with E-state index in [1.807, 2.05) is 97.1 Å². The van der Waals surface area contributed by atoms with Crippen LogP contribution in [-0.2, 0) is 28.8 Å². The van der Waals surface area contributed by atoms with Crippen molar-refractivity contribution in [2.24, 2.45) is 0 Å². The minimum atomic E-state index is -1.20. The van der Waals surface area contributed by atoms with Crippen LogP contribution in [0.5, 0.6) is 0 Å². The normalized spacial score (nSPS) is 13.0. The molecule has 4 rings (SSSR count). The Balaban J connectivity index is 1.42. The minimum Gasteiger partial charge on any atom is -0.606 e. The molecular formula is C25H18Br2O2S2. The Kier molecular flexibility index (Phi) is 7.59. The maximum absolute atomic E-state index is 12.7. The summed E-state index contributed by atoms with van der Waals surface area (Å²) in [5, 5.41) is 0. The average molecular weight is 574 g/mol. The molecule has 4 aromatic carbocycles. The first-order valence-electron chi connectivity index (χ1n) is 9.52. The second-order valence-corrected chi connectivity index (χ2v) is 11.7. The van der Waals surface area contributed by atoms with Gasteiger partial charge in [0, 0.05) is 31.3 Å². The van der Waals surface area contributed by atoms with Gasteiger partial charge in [-0.1, -0.05) is 56.1 Å². The van der Waals surface area contributed by atoms with E-state index in [2.05, 4.69) is 31.9 Å². The molecule has 2 unspecified atom stereocenters. The van der Waals surface area contributed by atoms with E-state index in [0.717, 1.165) is 46.1 Å². The standard InChI is InChI=1S/C25H18Br2O2S2/c26-20-5-13-24(14-6-20)30(28)22-9-1-18(2-10-22)17-19-3-11-23(12-4-19)31(29)25-15-7-21(27)8-16-25/h1-16H,17H2. The highest BCUT2D eigenvalue weighted by Gasteiger charge is 2.16. The number of rotatable bonds is 6. The predicted molar refractivity (Wildman–Crippen MR) is 133 cm³/mol. The molecule has 0 N–H and O–H groups in total. The van der Waals surface area contributed by atoms with E-state index in [1.54, 1.807) is 0 Å². The zero-order valence-electron chi connectivity index (χ0n) is 16.3. The summed E-state index contributed by atoms with van der Waals surface area (Å²) in [5.41, 5.74) is 2.27. The van der Waals surface area contributed by atoms with Crippen molar-refractivity contribution in [1.82, 2.24) is 0 Å². The molecule has 4 aromatic rings. The van der Waals surface area contributed by atoms with Crippen molar-refractivity contribution in [3.8, 4) is 0 Å². The van der Waals surface area contributed by atoms with Crippen LogP contribution in [-0.4, -0.2) is 9.11 Å². The lowest BCUT2D eigenvalue weighted by atomic mass is 10.1. The molecule has 0 heterocycles. The lowest BCUT2D eigenvalue weighted by Gasteiger charge is -2.11. The second kappa shape index (κ2) is 10.4. The van der Waals surface area contributed by atoms with Gasteiger partial charge in [0.1, 0.15) is 0 Å². The largest absolute Gasteiger partial charge is 0.606 e. The molecule has 0 saturated carbocycles. The van der Waals surface area contributed by atoms with Crippen LogP contribution >= 0.6 is 31.9 Å². The first-order chi connectivity index (χ1) is 15.0. The summed E-state index contributed by atoms with van der Waals surface area (Å²) in [6.07, 6.45) is 0.760. The zero-order valence-corrected chi connectivity index (χ0v) is 21.1. The lowest BCUT2D eigenvalue weighted by molar-refractivity contribution is 0.594. The van der Waals surface area contributed by atoms with Crippen molar-refractivity contribution in [3.05, 3.63) is 117 Å². The fourth-order valence-electron chi connectivity index (χ4n) is 3.09. The lowest BCUT2D eigenvalue weighted by Crippen LogP contribution is -2.03. The van der Waals surface area contributed by atoms with E-state index >= 15 is 0 Å². The quantitative estimate of drug-likeness (QED) is 0.230. The molecule has 0 fully saturated rings. The molecule has 0 spiro atoms. The van der Waals surface area contributed by atoms with Crippen LogP contribution in [0.15, 0.2) is 126 Å². The second-order valence-electron chi connectivity index (χ2n) is 6.91. The highest BCUT2D eigenvalue weighted by molar-refractivity contribution is 9.10. The Labute approximate surface area is 205 Å². The molecule has 2 atom stereocenters. The Morgan fingerprint density at radius 3 is 1.00 bits per heavy atom. The fraction of sp³-hybridized carbons (Fsp3) is 0.0400. The summed E-state index contributed by atoms with van der Waals surface area (Å²) in [7, 11) is 0. The van der Waals surface area contributed by atoms with Gasteiger partial charge in [-0.25, -0.2) is 0 Å². The van der Waals surface area contributed by atoms with Gasteiger partial charge in [0.15, 0.2) is 19.6 Å². The third-order valence-electron chi connectivity index (χ3n) is 4.74. The highest BCUT2D eigenvalue weighted by Crippen LogP contribution is 2.25. The highest BCUT2D eigenvalue weighted by atomic mass is 79.9. The number of halogens is 2. The summed E-state index contributed by atoms with van der Waals surface area (Å²) < 4.78 is 27.4. The Hall–Kier alpha value is -1.54. The number of benzene rings is 4. The Morgan fingerprint density at radius 1 is 0.452 bits per heavy atom. The van der Waals surface area contributed by atoms with Crippen molar-refractivity contribution in [1.29, 1.82) is 0 Å². The summed E-state index contributed by atoms with van der Waals surface area (Å²) in [4.78, 5) is 3.13. The maximum atomic E-state index is 12.7. The van der Waals surface area contributed by atoms with Gasteiger partial charge < -0.3 is 9.11 Å². The van der Waals surface area contributed by atoms with Crippen molar-refractivity contribution in [2.45, 2.75) is 26.0 Å². The van der Waals surface area contributed by atoms with Crippen molar-refractivity contribution in [3.63, 3.8) is 0 Å². The molecule has 31 heavy (non-hydrogen) atoms. The van der Waals surface area contributed by atoms with Gasteiger partial charge >= 0.3 is 0 Å². The van der Waals surface area contributed by atoms with Gasteiger partial charge in [-0.15, -0.1) is 0 Å². The first-order valence-corrected chi connectivity index (χ1v) is 13.4. The molecule has 0 aliphatic rings. The molecule has 0 radical (unpaired) electrons. The molecular weight excluding hydrogens is 556 g/mol. The monoisotopic (exact) mass is 572 g/mol. The van der Waals surface area contributed by atoms with E-state index in [9.17, 15) is 9.11 Å². The minimum absolute atomic E-state index is 0.760. The van der Waals surface area contributed by atoms with Gasteiger partial charge in [-0.2, -0.15) is 0 Å². The van der Waals surface area contributed by atoms with Crippen LogP contribution in [0.2, 0.25) is 0 Å². The van der Waals surface area contributed by atoms with Crippen LogP contribution in [0.1, 0.15) is 11.1 Å². The van der Waals surface area contributed by atoms with Gasteiger partial charge in [0.2, 0.25) is 0 Å². The van der Waals surface area contributed by atoms with Crippen molar-refractivity contribution >= 4 is 54.2 Å². The van der Waals surface area contributed by atoms with Gasteiger partial charge in [-0.05, 0) is 90.3 Å². The summed E-state index contributed by atoms with van der Waals surface area (Å²) in [6.45, 7) is 0. The third-order valence-corrected chi connectivity index (χ3v) is 8.60. The van der Waals surface area contributed by atoms with Gasteiger partial charge in [0.25, 0.3) is 0 Å². The van der Waals surface area contributed by atoms with Gasteiger partial charge in [0.05, 0.1) is 0 Å². The summed E-state index contributed by atoms with van der Waals surface area (Å²) in [6, 6.07) is 30.8. The molecule has 0 aromatic heterocycles. The van der Waals surface area contributed by atoms with E-state index in [-0.39, 0.29) is 0 Å². The van der Waals surface area contributed by atoms with Crippen LogP contribution in [0.4, 0.5) is 0 Å². The smallest absolute Gasteiger partial charge is 0.158 e. The van der Waals surface area contributed by atoms with Gasteiger partial charge in [-0.3, -0.25) is 0 Å². The third kappa shape index (κ3) is 5.83. The average Bonchev–Trinajstić information content (AvgIpc) is 2.80.